The molecule has 0 aliphatic rings. The molecule has 2 aromatic rings. The molecule has 0 atom stereocenters. The van der Waals surface area contributed by atoms with E-state index >= 15 is 0 Å². The topological polar surface area (TPSA) is 56.7 Å². The van der Waals surface area contributed by atoms with Gasteiger partial charge in [0, 0.05) is 24.0 Å². The van der Waals surface area contributed by atoms with Crippen LogP contribution in [-0.2, 0) is 6.54 Å². The van der Waals surface area contributed by atoms with Gasteiger partial charge >= 0.3 is 0 Å². The van der Waals surface area contributed by atoms with Gasteiger partial charge in [-0.3, -0.25) is 4.57 Å². The van der Waals surface area contributed by atoms with Crippen molar-refractivity contribution in [3.63, 3.8) is 0 Å². The van der Waals surface area contributed by atoms with E-state index in [2.05, 4.69) is 9.97 Å². The summed E-state index contributed by atoms with van der Waals surface area (Å²) in [6, 6.07) is 1.58. The monoisotopic (exact) mass is 220 g/mol. The molecule has 0 spiro atoms. The number of nitrogens with zero attached hydrogens (tertiary/aromatic N) is 3. The van der Waals surface area contributed by atoms with Gasteiger partial charge < -0.3 is 5.73 Å². The molecule has 0 saturated heterocycles. The molecular formula is C11H13FN4. The van der Waals surface area contributed by atoms with Gasteiger partial charge in [0.05, 0.1) is 5.69 Å². The highest BCUT2D eigenvalue weighted by Crippen LogP contribution is 2.17. The van der Waals surface area contributed by atoms with Crippen LogP contribution in [0.4, 0.5) is 4.39 Å². The van der Waals surface area contributed by atoms with E-state index < -0.39 is 0 Å². The van der Waals surface area contributed by atoms with Crippen LogP contribution in [0.2, 0.25) is 0 Å². The molecule has 0 fully saturated rings. The van der Waals surface area contributed by atoms with E-state index in [9.17, 15) is 4.39 Å². The van der Waals surface area contributed by atoms with E-state index in [1.54, 1.807) is 23.2 Å². The zero-order chi connectivity index (χ0) is 11.7. The molecule has 16 heavy (non-hydrogen) atoms. The first-order valence-electron chi connectivity index (χ1n) is 4.99. The van der Waals surface area contributed by atoms with Gasteiger partial charge in [-0.25, -0.2) is 14.4 Å². The van der Waals surface area contributed by atoms with Crippen molar-refractivity contribution in [3.8, 4) is 5.82 Å². The SMILES string of the molecule is Cc1ncn(-c2nccc(CN)c2F)c1C. The molecule has 0 amide bonds. The molecule has 0 aromatic carbocycles. The zero-order valence-electron chi connectivity index (χ0n) is 9.24. The maximum Gasteiger partial charge on any atom is 0.174 e. The number of hydrogen-bond acceptors (Lipinski definition) is 3. The second-order valence-electron chi connectivity index (χ2n) is 3.60. The second kappa shape index (κ2) is 4.02. The van der Waals surface area contributed by atoms with Crippen LogP contribution < -0.4 is 5.73 Å². The fraction of sp³-hybridized carbons (Fsp3) is 0.273. The molecule has 84 valence electrons. The number of nitrogens with two attached hydrogens (primary N) is 1. The smallest absolute Gasteiger partial charge is 0.174 e. The summed E-state index contributed by atoms with van der Waals surface area (Å²) in [5.74, 6) is -0.133. The van der Waals surface area contributed by atoms with Crippen molar-refractivity contribution in [2.75, 3.05) is 0 Å². The first-order chi connectivity index (χ1) is 7.65. The normalized spacial score (nSPS) is 10.8. The lowest BCUT2D eigenvalue weighted by Gasteiger charge is -2.08. The van der Waals surface area contributed by atoms with Crippen LogP contribution in [0.1, 0.15) is 17.0 Å². The lowest BCUT2D eigenvalue weighted by molar-refractivity contribution is 0.591. The highest BCUT2D eigenvalue weighted by atomic mass is 19.1. The average Bonchev–Trinajstić information content (AvgIpc) is 2.61. The van der Waals surface area contributed by atoms with Gasteiger partial charge in [0.1, 0.15) is 6.33 Å². The number of imidazole rings is 1. The Morgan fingerprint density at radius 1 is 1.38 bits per heavy atom. The first-order valence-corrected chi connectivity index (χ1v) is 4.99. The molecule has 2 aromatic heterocycles. The Labute approximate surface area is 92.9 Å². The molecule has 0 aliphatic heterocycles. The van der Waals surface area contributed by atoms with Crippen molar-refractivity contribution in [2.45, 2.75) is 20.4 Å². The summed E-state index contributed by atoms with van der Waals surface area (Å²) in [7, 11) is 0. The van der Waals surface area contributed by atoms with Gasteiger partial charge in [0.2, 0.25) is 0 Å². The molecule has 0 saturated carbocycles. The summed E-state index contributed by atoms with van der Waals surface area (Å²) >= 11 is 0. The van der Waals surface area contributed by atoms with Crippen molar-refractivity contribution >= 4 is 0 Å². The Morgan fingerprint density at radius 2 is 2.12 bits per heavy atom. The van der Waals surface area contributed by atoms with Crippen LogP contribution in [0.25, 0.3) is 5.82 Å². The Bertz CT molecular complexity index is 519. The highest BCUT2D eigenvalue weighted by molar-refractivity contribution is 5.33. The summed E-state index contributed by atoms with van der Waals surface area (Å²) in [5.41, 5.74) is 7.64. The Balaban J connectivity index is 2.60. The Hall–Kier alpha value is -1.75. The lowest BCUT2D eigenvalue weighted by Crippen LogP contribution is -2.07. The summed E-state index contributed by atoms with van der Waals surface area (Å²) in [6.07, 6.45) is 3.12. The molecule has 2 heterocycles. The third kappa shape index (κ3) is 1.59. The minimum absolute atomic E-state index is 0.161. The van der Waals surface area contributed by atoms with E-state index in [4.69, 9.17) is 5.73 Å². The first kappa shape index (κ1) is 10.8. The van der Waals surface area contributed by atoms with Crippen molar-refractivity contribution in [1.29, 1.82) is 0 Å². The quantitative estimate of drug-likeness (QED) is 0.834. The third-order valence-electron chi connectivity index (χ3n) is 2.65. The van der Waals surface area contributed by atoms with Gasteiger partial charge in [-0.2, -0.15) is 0 Å². The number of rotatable bonds is 2. The molecule has 4 nitrogen and oxygen atoms in total. The van der Waals surface area contributed by atoms with Gasteiger partial charge in [0.15, 0.2) is 11.6 Å². The number of aryl methyl sites for hydroxylation is 1. The van der Waals surface area contributed by atoms with Gasteiger partial charge in [0.25, 0.3) is 0 Å². The van der Waals surface area contributed by atoms with Crippen LogP contribution >= 0.6 is 0 Å². The molecule has 2 N–H and O–H groups in total. The van der Waals surface area contributed by atoms with Gasteiger partial charge in [-0.15, -0.1) is 0 Å². The van der Waals surface area contributed by atoms with E-state index in [-0.39, 0.29) is 18.2 Å². The van der Waals surface area contributed by atoms with Crippen LogP contribution in [0, 0.1) is 19.7 Å². The summed E-state index contributed by atoms with van der Waals surface area (Å²) < 4.78 is 15.6. The van der Waals surface area contributed by atoms with Crippen LogP contribution in [0.5, 0.6) is 0 Å². The fourth-order valence-electron chi connectivity index (χ4n) is 1.51. The number of hydrogen-bond donors (Lipinski definition) is 1. The highest BCUT2D eigenvalue weighted by Gasteiger charge is 2.12. The average molecular weight is 220 g/mol. The fourth-order valence-corrected chi connectivity index (χ4v) is 1.51. The van der Waals surface area contributed by atoms with E-state index in [1.165, 1.54) is 0 Å². The van der Waals surface area contributed by atoms with Crippen molar-refractivity contribution in [3.05, 3.63) is 41.4 Å². The summed E-state index contributed by atoms with van der Waals surface area (Å²) in [5, 5.41) is 0. The third-order valence-corrected chi connectivity index (χ3v) is 2.65. The minimum Gasteiger partial charge on any atom is -0.326 e. The van der Waals surface area contributed by atoms with Crippen LogP contribution in [-0.4, -0.2) is 14.5 Å². The minimum atomic E-state index is -0.384. The maximum absolute atomic E-state index is 14.0. The van der Waals surface area contributed by atoms with E-state index in [1.807, 2.05) is 13.8 Å². The molecule has 2 rings (SSSR count). The predicted octanol–water partition coefficient (Wildman–Crippen LogP) is 1.48. The Morgan fingerprint density at radius 3 is 2.69 bits per heavy atom. The maximum atomic E-state index is 14.0. The number of halogens is 1. The van der Waals surface area contributed by atoms with Crippen LogP contribution in [0.15, 0.2) is 18.6 Å². The lowest BCUT2D eigenvalue weighted by atomic mass is 10.2. The summed E-state index contributed by atoms with van der Waals surface area (Å²) in [6.45, 7) is 3.91. The van der Waals surface area contributed by atoms with Gasteiger partial charge in [-0.05, 0) is 19.9 Å². The van der Waals surface area contributed by atoms with Crippen molar-refractivity contribution in [1.82, 2.24) is 14.5 Å². The largest absolute Gasteiger partial charge is 0.326 e. The summed E-state index contributed by atoms with van der Waals surface area (Å²) in [4.78, 5) is 8.14. The molecule has 0 radical (unpaired) electrons. The number of aromatic nitrogens is 3. The Kier molecular flexibility index (Phi) is 2.70. The van der Waals surface area contributed by atoms with E-state index in [0.717, 1.165) is 11.4 Å². The zero-order valence-corrected chi connectivity index (χ0v) is 9.24. The molecule has 5 heteroatoms. The second-order valence-corrected chi connectivity index (χ2v) is 3.60. The molecular weight excluding hydrogens is 207 g/mol. The molecule has 0 bridgehead atoms. The van der Waals surface area contributed by atoms with Crippen LogP contribution in [0.3, 0.4) is 0 Å². The standard InChI is InChI=1S/C11H13FN4/c1-7-8(2)16(6-15-7)11-10(12)9(5-13)3-4-14-11/h3-4,6H,5,13H2,1-2H3. The van der Waals surface area contributed by atoms with E-state index in [0.29, 0.717) is 5.56 Å². The van der Waals surface area contributed by atoms with Gasteiger partial charge in [-0.1, -0.05) is 0 Å². The predicted molar refractivity (Wildman–Crippen MR) is 58.7 cm³/mol. The number of pyridine rings is 1. The van der Waals surface area contributed by atoms with Crippen molar-refractivity contribution < 1.29 is 4.39 Å². The molecule has 0 aliphatic carbocycles. The van der Waals surface area contributed by atoms with Crippen molar-refractivity contribution in [2.24, 2.45) is 5.73 Å². The molecule has 0 unspecified atom stereocenters.